The molecule has 2 aromatic rings. The van der Waals surface area contributed by atoms with E-state index in [2.05, 4.69) is 46.2 Å². The Labute approximate surface area is 190 Å². The number of amides is 1. The zero-order chi connectivity index (χ0) is 21.6. The van der Waals surface area contributed by atoms with Crippen LogP contribution in [0, 0.1) is 5.92 Å². The van der Waals surface area contributed by atoms with Gasteiger partial charge >= 0.3 is 0 Å². The summed E-state index contributed by atoms with van der Waals surface area (Å²) in [6.07, 6.45) is 2.28. The van der Waals surface area contributed by atoms with Crippen molar-refractivity contribution in [1.29, 1.82) is 0 Å². The second-order valence-electron chi connectivity index (χ2n) is 8.70. The molecule has 7 heteroatoms. The minimum atomic E-state index is -0.245. The van der Waals surface area contributed by atoms with Crippen LogP contribution in [0.15, 0.2) is 54.6 Å². The maximum Gasteiger partial charge on any atom is 0.242 e. The first-order chi connectivity index (χ1) is 15.1. The lowest BCUT2D eigenvalue weighted by Gasteiger charge is -2.34. The van der Waals surface area contributed by atoms with Crippen LogP contribution in [0.5, 0.6) is 0 Å². The number of rotatable bonds is 7. The molecule has 2 aliphatic rings. The highest BCUT2D eigenvalue weighted by molar-refractivity contribution is 6.31. The van der Waals surface area contributed by atoms with Crippen LogP contribution in [0.2, 0.25) is 5.02 Å². The first-order valence-corrected chi connectivity index (χ1v) is 11.5. The van der Waals surface area contributed by atoms with Gasteiger partial charge in [0, 0.05) is 38.2 Å². The molecular formula is C24H32ClN5O. The molecule has 166 valence electrons. The fourth-order valence-electron chi connectivity index (χ4n) is 4.47. The van der Waals surface area contributed by atoms with Gasteiger partial charge in [-0.15, -0.1) is 0 Å². The van der Waals surface area contributed by atoms with Gasteiger partial charge in [-0.05, 0) is 49.0 Å². The molecule has 1 atom stereocenters. The van der Waals surface area contributed by atoms with E-state index >= 15 is 0 Å². The van der Waals surface area contributed by atoms with E-state index < -0.39 is 0 Å². The Hall–Kier alpha value is -1.96. The van der Waals surface area contributed by atoms with Crippen LogP contribution in [0.1, 0.15) is 24.0 Å². The molecule has 31 heavy (non-hydrogen) atoms. The maximum atomic E-state index is 12.9. The summed E-state index contributed by atoms with van der Waals surface area (Å²) in [7, 11) is 1.93. The van der Waals surface area contributed by atoms with Crippen LogP contribution in [0.25, 0.3) is 0 Å². The Morgan fingerprint density at radius 2 is 1.77 bits per heavy atom. The summed E-state index contributed by atoms with van der Waals surface area (Å²) in [4.78, 5) is 17.4. The van der Waals surface area contributed by atoms with Gasteiger partial charge in [0.1, 0.15) is 6.04 Å². The zero-order valence-corrected chi connectivity index (χ0v) is 18.9. The number of hydrazine groups is 2. The molecular weight excluding hydrogens is 410 g/mol. The molecule has 0 radical (unpaired) electrons. The summed E-state index contributed by atoms with van der Waals surface area (Å²) in [5, 5.41) is 2.74. The number of hydrogen-bond acceptors (Lipinski definition) is 5. The number of halogens is 1. The predicted molar refractivity (Wildman–Crippen MR) is 124 cm³/mol. The Morgan fingerprint density at radius 3 is 2.52 bits per heavy atom. The average Bonchev–Trinajstić information content (AvgIpc) is 3.25. The molecule has 6 nitrogen and oxygen atoms in total. The van der Waals surface area contributed by atoms with E-state index in [9.17, 15) is 4.79 Å². The van der Waals surface area contributed by atoms with E-state index in [4.69, 9.17) is 11.6 Å². The van der Waals surface area contributed by atoms with Gasteiger partial charge in [0.2, 0.25) is 5.91 Å². The number of carbonyl (C=O) groups is 1. The number of nitrogens with one attached hydrogen (secondary N) is 2. The molecule has 1 amide bonds. The summed E-state index contributed by atoms with van der Waals surface area (Å²) in [6, 6.07) is 18.2. The molecule has 0 aliphatic carbocycles. The van der Waals surface area contributed by atoms with Crippen LogP contribution >= 0.6 is 11.6 Å². The lowest BCUT2D eigenvalue weighted by molar-refractivity contribution is -0.132. The molecule has 0 bridgehead atoms. The standard InChI is InChI=1S/C24H32ClN5O/c1-28(15-20-11-13-29(14-12-20)16-19-7-3-2-4-8-19)24(31)23-18-30(27-26-23)17-21-9-5-6-10-22(21)25/h2-10,20,23,26-27H,11-18H2,1H3. The van der Waals surface area contributed by atoms with Gasteiger partial charge in [0.25, 0.3) is 0 Å². The summed E-state index contributed by atoms with van der Waals surface area (Å²) in [5.74, 6) is 0.704. The van der Waals surface area contributed by atoms with E-state index in [0.29, 0.717) is 19.0 Å². The number of nitrogens with zero attached hydrogens (tertiary/aromatic N) is 3. The molecule has 2 aliphatic heterocycles. The van der Waals surface area contributed by atoms with Crippen molar-refractivity contribution in [1.82, 2.24) is 25.8 Å². The molecule has 2 aromatic carbocycles. The van der Waals surface area contributed by atoms with Crippen molar-refractivity contribution in [3.63, 3.8) is 0 Å². The molecule has 2 heterocycles. The fraction of sp³-hybridized carbons (Fsp3) is 0.458. The first kappa shape index (κ1) is 22.2. The highest BCUT2D eigenvalue weighted by Gasteiger charge is 2.31. The Morgan fingerprint density at radius 1 is 1.06 bits per heavy atom. The zero-order valence-electron chi connectivity index (χ0n) is 18.1. The quantitative estimate of drug-likeness (QED) is 0.692. The molecule has 0 spiro atoms. The molecule has 0 saturated carbocycles. The number of benzene rings is 2. The predicted octanol–water partition coefficient (Wildman–Crippen LogP) is 2.90. The molecule has 1 unspecified atom stereocenters. The van der Waals surface area contributed by atoms with Crippen molar-refractivity contribution in [3.05, 3.63) is 70.7 Å². The third kappa shape index (κ3) is 6.05. The fourth-order valence-corrected chi connectivity index (χ4v) is 4.66. The van der Waals surface area contributed by atoms with Gasteiger partial charge in [-0.2, -0.15) is 5.53 Å². The summed E-state index contributed by atoms with van der Waals surface area (Å²) >= 11 is 6.26. The lowest BCUT2D eigenvalue weighted by atomic mass is 9.95. The molecule has 2 saturated heterocycles. The van der Waals surface area contributed by atoms with Crippen LogP contribution in [0.3, 0.4) is 0 Å². The van der Waals surface area contributed by atoms with E-state index in [1.807, 2.05) is 41.2 Å². The molecule has 0 aromatic heterocycles. The largest absolute Gasteiger partial charge is 0.344 e. The number of likely N-dealkylation sites (N-methyl/N-ethyl adjacent to an activating group) is 1. The maximum absolute atomic E-state index is 12.9. The van der Waals surface area contributed by atoms with Gasteiger partial charge in [0.05, 0.1) is 0 Å². The highest BCUT2D eigenvalue weighted by Crippen LogP contribution is 2.21. The number of hydrogen-bond donors (Lipinski definition) is 2. The smallest absolute Gasteiger partial charge is 0.242 e. The number of piperidine rings is 1. The van der Waals surface area contributed by atoms with E-state index in [1.54, 1.807) is 0 Å². The summed E-state index contributed by atoms with van der Waals surface area (Å²) in [5.41, 5.74) is 8.67. The number of likely N-dealkylation sites (tertiary alicyclic amines) is 1. The minimum Gasteiger partial charge on any atom is -0.344 e. The van der Waals surface area contributed by atoms with Crippen LogP contribution in [-0.2, 0) is 17.9 Å². The van der Waals surface area contributed by atoms with Gasteiger partial charge in [-0.25, -0.2) is 10.4 Å². The lowest BCUT2D eigenvalue weighted by Crippen LogP contribution is -2.47. The molecule has 2 N–H and O–H groups in total. The van der Waals surface area contributed by atoms with Crippen LogP contribution < -0.4 is 11.0 Å². The third-order valence-electron chi connectivity index (χ3n) is 6.28. The van der Waals surface area contributed by atoms with E-state index in [-0.39, 0.29) is 11.9 Å². The van der Waals surface area contributed by atoms with Crippen molar-refractivity contribution >= 4 is 17.5 Å². The van der Waals surface area contributed by atoms with Gasteiger partial charge < -0.3 is 4.90 Å². The minimum absolute atomic E-state index is 0.140. The van der Waals surface area contributed by atoms with Crippen LogP contribution in [0.4, 0.5) is 0 Å². The average molecular weight is 442 g/mol. The first-order valence-electron chi connectivity index (χ1n) is 11.1. The normalized spacial score (nSPS) is 20.8. The second kappa shape index (κ2) is 10.6. The molecule has 2 fully saturated rings. The van der Waals surface area contributed by atoms with Crippen molar-refractivity contribution in [3.8, 4) is 0 Å². The van der Waals surface area contributed by atoms with Crippen molar-refractivity contribution < 1.29 is 4.79 Å². The van der Waals surface area contributed by atoms with Crippen LogP contribution in [-0.4, -0.2) is 60.0 Å². The van der Waals surface area contributed by atoms with Crippen molar-refractivity contribution in [2.24, 2.45) is 5.92 Å². The van der Waals surface area contributed by atoms with E-state index in [0.717, 1.165) is 49.6 Å². The van der Waals surface area contributed by atoms with Gasteiger partial charge in [-0.3, -0.25) is 9.69 Å². The second-order valence-corrected chi connectivity index (χ2v) is 9.11. The SMILES string of the molecule is CN(CC1CCN(Cc2ccccc2)CC1)C(=O)C1CN(Cc2ccccc2Cl)NN1. The van der Waals surface area contributed by atoms with Crippen molar-refractivity contribution in [2.75, 3.05) is 33.2 Å². The molecule has 4 rings (SSSR count). The number of carbonyl (C=O) groups excluding carboxylic acids is 1. The van der Waals surface area contributed by atoms with Crippen molar-refractivity contribution in [2.45, 2.75) is 32.0 Å². The third-order valence-corrected chi connectivity index (χ3v) is 6.65. The topological polar surface area (TPSA) is 50.9 Å². The Kier molecular flexibility index (Phi) is 7.58. The summed E-state index contributed by atoms with van der Waals surface area (Å²) in [6.45, 7) is 5.29. The summed E-state index contributed by atoms with van der Waals surface area (Å²) < 4.78 is 0. The highest BCUT2D eigenvalue weighted by atomic mass is 35.5. The van der Waals surface area contributed by atoms with E-state index in [1.165, 1.54) is 5.56 Å². The van der Waals surface area contributed by atoms with Gasteiger partial charge in [0.15, 0.2) is 0 Å². The Balaban J connectivity index is 1.20. The Bertz CT molecular complexity index is 856. The monoisotopic (exact) mass is 441 g/mol. The van der Waals surface area contributed by atoms with Gasteiger partial charge in [-0.1, -0.05) is 60.1 Å².